The van der Waals surface area contributed by atoms with Gasteiger partial charge in [-0.3, -0.25) is 39.4 Å². The minimum Gasteiger partial charge on any atom is -0.493 e. The zero-order valence-electron chi connectivity index (χ0n) is 41.2. The quantitative estimate of drug-likeness (QED) is 0.0562. The predicted molar refractivity (Wildman–Crippen MR) is 280 cm³/mol. The highest BCUT2D eigenvalue weighted by atomic mass is 32.1. The number of hydrogen-bond donors (Lipinski definition) is 4. The molecule has 4 aromatic carbocycles. The van der Waals surface area contributed by atoms with Crippen LogP contribution in [0.5, 0.6) is 11.5 Å². The summed E-state index contributed by atoms with van der Waals surface area (Å²) in [6, 6.07) is 26.6. The lowest BCUT2D eigenvalue weighted by Crippen LogP contribution is -2.44. The van der Waals surface area contributed by atoms with E-state index in [0.717, 1.165) is 70.1 Å². The first kappa shape index (κ1) is 48.9. The maximum absolute atomic E-state index is 13.7. The Bertz CT molecular complexity index is 3280. The molecule has 3 unspecified atom stereocenters. The van der Waals surface area contributed by atoms with Gasteiger partial charge in [0.2, 0.25) is 17.7 Å². The van der Waals surface area contributed by atoms with Crippen molar-refractivity contribution < 1.29 is 38.6 Å². The Morgan fingerprint density at radius 3 is 2.55 bits per heavy atom. The molecule has 3 aromatic heterocycles. The molecule has 0 aliphatic carbocycles. The zero-order chi connectivity index (χ0) is 50.9. The number of carbonyl (C=O) groups is 5. The van der Waals surface area contributed by atoms with E-state index < -0.39 is 11.9 Å². The van der Waals surface area contributed by atoms with Crippen LogP contribution in [0.15, 0.2) is 84.9 Å². The molecule has 376 valence electrons. The number of pyridine rings is 1. The Balaban J connectivity index is 0.727. The third-order valence-electron chi connectivity index (χ3n) is 14.5. The summed E-state index contributed by atoms with van der Waals surface area (Å²) in [6.07, 6.45) is 4.99. The number of rotatable bonds is 15. The summed E-state index contributed by atoms with van der Waals surface area (Å²) in [7, 11) is 3.31. The maximum atomic E-state index is 13.7. The first-order valence-corrected chi connectivity index (χ1v) is 25.6. The smallest absolute Gasteiger partial charge is 0.355 e. The van der Waals surface area contributed by atoms with Crippen molar-refractivity contribution in [1.82, 2.24) is 30.0 Å². The fourth-order valence-corrected chi connectivity index (χ4v) is 11.6. The topological polar surface area (TPSA) is 210 Å². The second-order valence-corrected chi connectivity index (χ2v) is 20.2. The van der Waals surface area contributed by atoms with E-state index in [1.165, 1.54) is 18.4 Å². The standard InChI is InChI=1S/C55H57N9O8S/c1-31-28-33(23-25-63(31)30-47(66)56-42-20-17-38-48(39-19-22-46(65)59-53(39)68)61-62(3)50(38)51(42)71-4)10-9-27-72-43-15-8-12-35(32(43)2)36-18-21-45(58-49(36)54(69)70)64-26-24-34-11-7-13-37(40(34)29-64)52(67)60-55-57-41-14-5-6-16-44(41)73-55/h5-8,11-18,20-21,31,33,39H,9-10,19,22-30H2,1-4H3,(H,56,66)(H,69,70)(H,57,60,67)(H,59,65,68). The van der Waals surface area contributed by atoms with Crippen LogP contribution in [0.2, 0.25) is 0 Å². The number of likely N-dealkylation sites (tertiary alicyclic amines) is 1. The lowest BCUT2D eigenvalue weighted by atomic mass is 9.88. The molecule has 6 heterocycles. The number of thiazole rings is 1. The number of carbonyl (C=O) groups excluding carboxylic acids is 4. The van der Waals surface area contributed by atoms with E-state index in [0.29, 0.717) is 88.9 Å². The highest BCUT2D eigenvalue weighted by molar-refractivity contribution is 7.22. The molecule has 0 saturated carbocycles. The number of fused-ring (bicyclic) bond motifs is 3. The molecule has 17 nitrogen and oxygen atoms in total. The number of anilines is 3. The molecule has 0 bridgehead atoms. The summed E-state index contributed by atoms with van der Waals surface area (Å²) in [5, 5.41) is 24.8. The maximum Gasteiger partial charge on any atom is 0.355 e. The van der Waals surface area contributed by atoms with Gasteiger partial charge in [0.25, 0.3) is 5.91 Å². The minimum atomic E-state index is -1.14. The van der Waals surface area contributed by atoms with E-state index in [9.17, 15) is 29.1 Å². The van der Waals surface area contributed by atoms with Crippen LogP contribution in [-0.2, 0) is 34.4 Å². The van der Waals surface area contributed by atoms with Gasteiger partial charge in [-0.2, -0.15) is 5.10 Å². The second kappa shape index (κ2) is 20.8. The molecule has 18 heteroatoms. The van der Waals surface area contributed by atoms with Gasteiger partial charge in [-0.15, -0.1) is 0 Å². The van der Waals surface area contributed by atoms with Crippen molar-refractivity contribution in [3.63, 3.8) is 0 Å². The van der Waals surface area contributed by atoms with Crippen LogP contribution in [0, 0.1) is 12.8 Å². The van der Waals surface area contributed by atoms with Crippen molar-refractivity contribution in [2.45, 2.75) is 77.3 Å². The number of piperidine rings is 2. The van der Waals surface area contributed by atoms with Crippen LogP contribution in [-0.4, -0.2) is 98.7 Å². The monoisotopic (exact) mass is 1000 g/mol. The van der Waals surface area contributed by atoms with Crippen LogP contribution >= 0.6 is 11.3 Å². The number of amides is 4. The number of nitrogens with one attached hydrogen (secondary N) is 3. The number of methoxy groups -OCH3 is 1. The van der Waals surface area contributed by atoms with Crippen molar-refractivity contribution in [3.05, 3.63) is 119 Å². The molecule has 2 fully saturated rings. The molecular weight excluding hydrogens is 947 g/mol. The van der Waals surface area contributed by atoms with Gasteiger partial charge in [-0.25, -0.2) is 14.8 Å². The van der Waals surface area contributed by atoms with E-state index >= 15 is 0 Å². The van der Waals surface area contributed by atoms with Crippen molar-refractivity contribution in [1.29, 1.82) is 0 Å². The average molecular weight is 1000 g/mol. The van der Waals surface area contributed by atoms with Crippen LogP contribution in [0.4, 0.5) is 16.6 Å². The molecule has 4 N–H and O–H groups in total. The highest BCUT2D eigenvalue weighted by Gasteiger charge is 2.33. The number of ether oxygens (including phenoxy) is 2. The number of aryl methyl sites for hydroxylation is 1. The van der Waals surface area contributed by atoms with Gasteiger partial charge in [-0.05, 0) is 136 Å². The summed E-state index contributed by atoms with van der Waals surface area (Å²) >= 11 is 1.42. The third-order valence-corrected chi connectivity index (χ3v) is 15.5. The fourth-order valence-electron chi connectivity index (χ4n) is 10.8. The molecule has 7 aromatic rings. The van der Waals surface area contributed by atoms with Gasteiger partial charge in [0, 0.05) is 49.1 Å². The van der Waals surface area contributed by atoms with Crippen LogP contribution in [0.1, 0.15) is 94.6 Å². The number of aromatic nitrogens is 4. The lowest BCUT2D eigenvalue weighted by molar-refractivity contribution is -0.134. The molecule has 3 atom stereocenters. The number of hydrogen-bond acceptors (Lipinski definition) is 13. The van der Waals surface area contributed by atoms with Gasteiger partial charge in [0.1, 0.15) is 17.1 Å². The highest BCUT2D eigenvalue weighted by Crippen LogP contribution is 2.40. The van der Waals surface area contributed by atoms with Crippen LogP contribution in [0.25, 0.3) is 32.2 Å². The zero-order valence-corrected chi connectivity index (χ0v) is 42.0. The van der Waals surface area contributed by atoms with Crippen LogP contribution in [0.3, 0.4) is 0 Å². The SMILES string of the molecule is COc1c(NC(=O)CN2CCC(CCCOc3cccc(-c4ccc(N5CCc6cccc(C(=O)Nc7nc8ccccc8s7)c6C5)nc4C(=O)O)c3C)CC2C)ccc2c(C3CCC(=O)NC3=O)nn(C)c12. The normalized spacial score (nSPS) is 18.1. The molecule has 3 aliphatic heterocycles. The number of aromatic carboxylic acids is 1. The van der Waals surface area contributed by atoms with Crippen molar-refractivity contribution in [2.24, 2.45) is 13.0 Å². The van der Waals surface area contributed by atoms with Crippen LogP contribution < -0.4 is 30.3 Å². The Morgan fingerprint density at radius 1 is 0.918 bits per heavy atom. The molecular formula is C55H57N9O8S. The lowest BCUT2D eigenvalue weighted by Gasteiger charge is -2.37. The summed E-state index contributed by atoms with van der Waals surface area (Å²) in [4.78, 5) is 78.0. The van der Waals surface area contributed by atoms with Crippen molar-refractivity contribution >= 4 is 78.7 Å². The van der Waals surface area contributed by atoms with Crippen molar-refractivity contribution in [3.8, 4) is 22.6 Å². The summed E-state index contributed by atoms with van der Waals surface area (Å²) in [5.41, 5.74) is 7.05. The van der Waals surface area contributed by atoms with E-state index in [4.69, 9.17) is 14.5 Å². The van der Waals surface area contributed by atoms with E-state index in [-0.39, 0.29) is 48.3 Å². The Hall–Kier alpha value is -7.70. The second-order valence-electron chi connectivity index (χ2n) is 19.2. The summed E-state index contributed by atoms with van der Waals surface area (Å²) in [5.74, 6) is -0.616. The average Bonchev–Trinajstić information content (AvgIpc) is 3.95. The fraction of sp³-hybridized carbons (Fsp3) is 0.345. The predicted octanol–water partition coefficient (Wildman–Crippen LogP) is 8.49. The Kier molecular flexibility index (Phi) is 13.9. The van der Waals surface area contributed by atoms with Gasteiger partial charge in [-0.1, -0.05) is 47.7 Å². The molecule has 3 aliphatic rings. The summed E-state index contributed by atoms with van der Waals surface area (Å²) < 4.78 is 14.8. The molecule has 2 saturated heterocycles. The Morgan fingerprint density at radius 2 is 1.75 bits per heavy atom. The molecule has 4 amide bonds. The summed E-state index contributed by atoms with van der Waals surface area (Å²) in [6.45, 7) is 6.60. The van der Waals surface area contributed by atoms with Gasteiger partial charge >= 0.3 is 5.97 Å². The number of carboxylic acids is 1. The molecule has 0 radical (unpaired) electrons. The molecule has 0 spiro atoms. The first-order valence-electron chi connectivity index (χ1n) is 24.7. The molecule has 10 rings (SSSR count). The van der Waals surface area contributed by atoms with E-state index in [2.05, 4.69) is 37.9 Å². The largest absolute Gasteiger partial charge is 0.493 e. The molecule has 73 heavy (non-hydrogen) atoms. The third kappa shape index (κ3) is 10.1. The minimum absolute atomic E-state index is 0.0589. The van der Waals surface area contributed by atoms with Gasteiger partial charge < -0.3 is 24.8 Å². The van der Waals surface area contributed by atoms with Crippen molar-refractivity contribution in [2.75, 3.05) is 48.9 Å². The first-order chi connectivity index (χ1) is 35.3. The number of imide groups is 1. The van der Waals surface area contributed by atoms with Gasteiger partial charge in [0.05, 0.1) is 47.8 Å². The Labute approximate surface area is 425 Å². The number of benzene rings is 4. The van der Waals surface area contributed by atoms with E-state index in [1.54, 1.807) is 17.8 Å². The number of carboxylic acid groups (broad SMARTS) is 1. The number of para-hydroxylation sites is 1. The number of nitrogens with zero attached hydrogens (tertiary/aromatic N) is 6. The van der Waals surface area contributed by atoms with Gasteiger partial charge in [0.15, 0.2) is 16.6 Å². The van der Waals surface area contributed by atoms with E-state index in [1.807, 2.05) is 90.7 Å².